The van der Waals surface area contributed by atoms with Gasteiger partial charge in [-0.1, -0.05) is 0 Å². The second-order valence-corrected chi connectivity index (χ2v) is 4.97. The van der Waals surface area contributed by atoms with E-state index in [0.717, 1.165) is 24.3 Å². The van der Waals surface area contributed by atoms with Gasteiger partial charge in [0, 0.05) is 30.7 Å². The van der Waals surface area contributed by atoms with Gasteiger partial charge in [-0.2, -0.15) is 0 Å². The maximum Gasteiger partial charge on any atom is 0.324 e. The number of carbonyl (C=O) groups excluding carboxylic acids is 2. The maximum absolute atomic E-state index is 11.7. The summed E-state index contributed by atoms with van der Waals surface area (Å²) in [5, 5.41) is 2.57. The third-order valence-corrected chi connectivity index (χ3v) is 3.65. The first-order valence-electron chi connectivity index (χ1n) is 6.42. The zero-order chi connectivity index (χ0) is 13.4. The number of nitrogens with zero attached hydrogens (tertiary/aromatic N) is 3. The first-order valence-corrected chi connectivity index (χ1v) is 6.42. The fourth-order valence-electron chi connectivity index (χ4n) is 2.72. The van der Waals surface area contributed by atoms with Crippen LogP contribution in [-0.2, 0) is 4.79 Å². The number of pyridine rings is 1. The van der Waals surface area contributed by atoms with Crippen molar-refractivity contribution in [3.63, 3.8) is 0 Å². The van der Waals surface area contributed by atoms with Crippen LogP contribution in [0.4, 0.5) is 10.5 Å². The van der Waals surface area contributed by atoms with Crippen LogP contribution in [0, 0.1) is 6.92 Å². The van der Waals surface area contributed by atoms with E-state index in [1.54, 1.807) is 6.20 Å². The molecule has 1 unspecified atom stereocenters. The van der Waals surface area contributed by atoms with Crippen LogP contribution in [0.15, 0.2) is 18.3 Å². The molecule has 1 aromatic heterocycles. The molecule has 2 aliphatic rings. The molecule has 1 N–H and O–H groups in total. The van der Waals surface area contributed by atoms with E-state index in [4.69, 9.17) is 0 Å². The van der Waals surface area contributed by atoms with E-state index in [-0.39, 0.29) is 24.5 Å². The van der Waals surface area contributed by atoms with Gasteiger partial charge in [-0.15, -0.1) is 0 Å². The molecule has 1 atom stereocenters. The molecular weight excluding hydrogens is 244 g/mol. The molecule has 0 radical (unpaired) electrons. The monoisotopic (exact) mass is 260 g/mol. The smallest absolute Gasteiger partial charge is 0.324 e. The lowest BCUT2D eigenvalue weighted by molar-refractivity contribution is -0.126. The average molecular weight is 260 g/mol. The summed E-state index contributed by atoms with van der Waals surface area (Å²) < 4.78 is 0. The fourth-order valence-corrected chi connectivity index (χ4v) is 2.72. The van der Waals surface area contributed by atoms with Crippen LogP contribution >= 0.6 is 0 Å². The molecule has 1 aromatic rings. The molecule has 3 rings (SSSR count). The predicted octanol–water partition coefficient (Wildman–Crippen LogP) is 0.521. The molecule has 0 bridgehead atoms. The molecule has 100 valence electrons. The van der Waals surface area contributed by atoms with Crippen LogP contribution in [0.2, 0.25) is 0 Å². The van der Waals surface area contributed by atoms with Crippen LogP contribution in [0.25, 0.3) is 0 Å². The summed E-state index contributed by atoms with van der Waals surface area (Å²) in [6.07, 6.45) is 2.60. The summed E-state index contributed by atoms with van der Waals surface area (Å²) in [6, 6.07) is 3.70. The number of nitrogens with one attached hydrogen (secondary N) is 1. The molecule has 0 saturated carbocycles. The molecule has 3 amide bonds. The van der Waals surface area contributed by atoms with Crippen molar-refractivity contribution in [3.05, 3.63) is 24.0 Å². The molecular formula is C13H16N4O2. The highest BCUT2D eigenvalue weighted by Crippen LogP contribution is 2.24. The second kappa shape index (κ2) is 4.53. The molecule has 0 aliphatic carbocycles. The van der Waals surface area contributed by atoms with E-state index in [9.17, 15) is 9.59 Å². The van der Waals surface area contributed by atoms with E-state index in [1.165, 1.54) is 4.90 Å². The Labute approximate surface area is 111 Å². The number of rotatable bonds is 2. The molecule has 0 aromatic carbocycles. The highest BCUT2D eigenvalue weighted by Gasteiger charge is 2.38. The summed E-state index contributed by atoms with van der Waals surface area (Å²) in [7, 11) is 0. The molecule has 2 aliphatic heterocycles. The Bertz CT molecular complexity index is 515. The Kier molecular flexibility index (Phi) is 2.85. The molecule has 6 nitrogen and oxygen atoms in total. The molecule has 3 heterocycles. The van der Waals surface area contributed by atoms with Crippen molar-refractivity contribution in [2.45, 2.75) is 19.4 Å². The topological polar surface area (TPSA) is 65.5 Å². The van der Waals surface area contributed by atoms with Gasteiger partial charge in [-0.3, -0.25) is 14.7 Å². The van der Waals surface area contributed by atoms with E-state index in [2.05, 4.69) is 15.2 Å². The lowest BCUT2D eigenvalue weighted by Crippen LogP contribution is -2.42. The van der Waals surface area contributed by atoms with Crippen molar-refractivity contribution in [1.82, 2.24) is 15.2 Å². The standard InChI is InChI=1S/C13H16N4O2/c1-9-6-10(2-4-14-9)16-5-3-11(8-16)17-12(18)7-15-13(17)19/h2,4,6,11H,3,5,7-8H2,1H3,(H,15,19). The molecule has 2 saturated heterocycles. The van der Waals surface area contributed by atoms with Gasteiger partial charge >= 0.3 is 6.03 Å². The van der Waals surface area contributed by atoms with Crippen LogP contribution < -0.4 is 10.2 Å². The van der Waals surface area contributed by atoms with E-state index in [0.29, 0.717) is 6.54 Å². The van der Waals surface area contributed by atoms with Gasteiger partial charge < -0.3 is 10.2 Å². The third kappa shape index (κ3) is 2.14. The van der Waals surface area contributed by atoms with Crippen molar-refractivity contribution in [2.75, 3.05) is 24.5 Å². The fraction of sp³-hybridized carbons (Fsp3) is 0.462. The van der Waals surface area contributed by atoms with Gasteiger partial charge in [0.15, 0.2) is 0 Å². The van der Waals surface area contributed by atoms with Gasteiger partial charge in [0.1, 0.15) is 0 Å². The van der Waals surface area contributed by atoms with Gasteiger partial charge in [-0.05, 0) is 25.5 Å². The van der Waals surface area contributed by atoms with Gasteiger partial charge in [0.25, 0.3) is 0 Å². The molecule has 0 spiro atoms. The molecule has 2 fully saturated rings. The Morgan fingerprint density at radius 2 is 2.26 bits per heavy atom. The number of hydrogen-bond donors (Lipinski definition) is 1. The highest BCUT2D eigenvalue weighted by atomic mass is 16.2. The number of anilines is 1. The van der Waals surface area contributed by atoms with Gasteiger partial charge in [0.05, 0.1) is 12.6 Å². The summed E-state index contributed by atoms with van der Waals surface area (Å²) in [4.78, 5) is 31.1. The highest BCUT2D eigenvalue weighted by molar-refractivity contribution is 6.02. The number of aryl methyl sites for hydroxylation is 1. The quantitative estimate of drug-likeness (QED) is 0.787. The van der Waals surface area contributed by atoms with E-state index in [1.807, 2.05) is 19.1 Å². The zero-order valence-corrected chi connectivity index (χ0v) is 10.8. The summed E-state index contributed by atoms with van der Waals surface area (Å²) in [5.41, 5.74) is 2.07. The number of amides is 3. The van der Waals surface area contributed by atoms with Crippen molar-refractivity contribution < 1.29 is 9.59 Å². The second-order valence-electron chi connectivity index (χ2n) is 4.97. The first-order chi connectivity index (χ1) is 9.15. The lowest BCUT2D eigenvalue weighted by atomic mass is 10.2. The third-order valence-electron chi connectivity index (χ3n) is 3.65. The largest absolute Gasteiger partial charge is 0.369 e. The van der Waals surface area contributed by atoms with Crippen molar-refractivity contribution in [1.29, 1.82) is 0 Å². The minimum Gasteiger partial charge on any atom is -0.369 e. The Morgan fingerprint density at radius 3 is 2.95 bits per heavy atom. The van der Waals surface area contributed by atoms with Gasteiger partial charge in [-0.25, -0.2) is 4.79 Å². The first kappa shape index (κ1) is 12.0. The van der Waals surface area contributed by atoms with Crippen LogP contribution in [0.5, 0.6) is 0 Å². The Hall–Kier alpha value is -2.11. The lowest BCUT2D eigenvalue weighted by Gasteiger charge is -2.22. The number of urea groups is 1. The van der Waals surface area contributed by atoms with Crippen molar-refractivity contribution >= 4 is 17.6 Å². The van der Waals surface area contributed by atoms with Crippen LogP contribution in [-0.4, -0.2) is 47.5 Å². The summed E-state index contributed by atoms with van der Waals surface area (Å²) in [5.74, 6) is -0.122. The molecule has 6 heteroatoms. The van der Waals surface area contributed by atoms with Crippen LogP contribution in [0.3, 0.4) is 0 Å². The minimum absolute atomic E-state index is 0.0246. The predicted molar refractivity (Wildman–Crippen MR) is 69.8 cm³/mol. The summed E-state index contributed by atoms with van der Waals surface area (Å²) >= 11 is 0. The van der Waals surface area contributed by atoms with Crippen LogP contribution in [0.1, 0.15) is 12.1 Å². The average Bonchev–Trinajstić information content (AvgIpc) is 2.97. The zero-order valence-electron chi connectivity index (χ0n) is 10.8. The van der Waals surface area contributed by atoms with E-state index < -0.39 is 0 Å². The van der Waals surface area contributed by atoms with E-state index >= 15 is 0 Å². The van der Waals surface area contributed by atoms with Crippen molar-refractivity contribution in [3.8, 4) is 0 Å². The number of carbonyl (C=O) groups is 2. The Balaban J connectivity index is 1.74. The SMILES string of the molecule is Cc1cc(N2CCC(N3C(=O)CNC3=O)C2)ccn1. The maximum atomic E-state index is 11.7. The number of hydrogen-bond acceptors (Lipinski definition) is 4. The minimum atomic E-state index is -0.261. The Morgan fingerprint density at radius 1 is 1.42 bits per heavy atom. The number of aromatic nitrogens is 1. The molecule has 19 heavy (non-hydrogen) atoms. The normalized spacial score (nSPS) is 23.1. The summed E-state index contributed by atoms with van der Waals surface area (Å²) in [6.45, 7) is 3.63. The number of imide groups is 1. The van der Waals surface area contributed by atoms with Gasteiger partial charge in [0.2, 0.25) is 5.91 Å². The van der Waals surface area contributed by atoms with Crippen molar-refractivity contribution in [2.24, 2.45) is 0 Å².